The van der Waals surface area contributed by atoms with E-state index in [4.69, 9.17) is 18.0 Å². The largest absolute Gasteiger partial charge is 0.388 e. The first-order valence-electron chi connectivity index (χ1n) is 6.61. The third-order valence-electron chi connectivity index (χ3n) is 4.09. The Morgan fingerprint density at radius 1 is 1.44 bits per heavy atom. The number of aromatic nitrogens is 1. The van der Waals surface area contributed by atoms with Gasteiger partial charge in [-0.25, -0.2) is 0 Å². The molecule has 0 amide bonds. The molecule has 0 spiro atoms. The molecular weight excluding hydrogens is 242 g/mol. The summed E-state index contributed by atoms with van der Waals surface area (Å²) in [7, 11) is 0. The zero-order valence-corrected chi connectivity index (χ0v) is 11.8. The van der Waals surface area contributed by atoms with Gasteiger partial charge in [-0.2, -0.15) is 0 Å². The van der Waals surface area contributed by atoms with Gasteiger partial charge < -0.3 is 11.1 Å². The predicted molar refractivity (Wildman–Crippen MR) is 79.7 cm³/mol. The van der Waals surface area contributed by atoms with Crippen LogP contribution >= 0.6 is 12.2 Å². The van der Waals surface area contributed by atoms with Gasteiger partial charge in [0.1, 0.15) is 10.7 Å². The molecule has 0 aromatic carbocycles. The van der Waals surface area contributed by atoms with Gasteiger partial charge in [-0.05, 0) is 30.4 Å². The van der Waals surface area contributed by atoms with E-state index in [0.717, 1.165) is 11.6 Å². The Labute approximate surface area is 114 Å². The summed E-state index contributed by atoms with van der Waals surface area (Å²) in [4.78, 5) is 4.62. The summed E-state index contributed by atoms with van der Waals surface area (Å²) in [6.45, 7) is 4.65. The zero-order chi connectivity index (χ0) is 13.1. The van der Waals surface area contributed by atoms with Crippen LogP contribution in [0.1, 0.15) is 38.8 Å². The molecule has 0 aliphatic heterocycles. The van der Waals surface area contributed by atoms with Crippen LogP contribution in [-0.4, -0.2) is 16.0 Å². The summed E-state index contributed by atoms with van der Waals surface area (Å²) >= 11 is 5.05. The minimum Gasteiger partial charge on any atom is -0.388 e. The number of hydrogen-bond donors (Lipinski definition) is 2. The summed E-state index contributed by atoms with van der Waals surface area (Å²) in [5, 5.41) is 3.58. The van der Waals surface area contributed by atoms with Crippen molar-refractivity contribution in [2.75, 3.05) is 5.32 Å². The number of pyridine rings is 1. The van der Waals surface area contributed by atoms with E-state index in [1.165, 1.54) is 19.3 Å². The lowest BCUT2D eigenvalue weighted by Crippen LogP contribution is -2.35. The van der Waals surface area contributed by atoms with Gasteiger partial charge in [0.15, 0.2) is 0 Å². The molecule has 0 radical (unpaired) electrons. The molecule has 1 aromatic heterocycles. The molecule has 3 unspecified atom stereocenters. The summed E-state index contributed by atoms with van der Waals surface area (Å²) in [5.41, 5.74) is 7.39. The molecule has 98 valence electrons. The van der Waals surface area contributed by atoms with Crippen LogP contribution in [0.25, 0.3) is 0 Å². The second-order valence-electron chi connectivity index (χ2n) is 5.28. The van der Waals surface area contributed by atoms with Crippen molar-refractivity contribution in [2.45, 2.75) is 39.2 Å². The van der Waals surface area contributed by atoms with E-state index in [2.05, 4.69) is 24.1 Å². The molecule has 3 nitrogen and oxygen atoms in total. The lowest BCUT2D eigenvalue weighted by atomic mass is 9.78. The van der Waals surface area contributed by atoms with E-state index in [0.29, 0.717) is 22.6 Å². The van der Waals surface area contributed by atoms with E-state index < -0.39 is 0 Å². The molecule has 1 aliphatic carbocycles. The van der Waals surface area contributed by atoms with E-state index in [-0.39, 0.29) is 0 Å². The highest BCUT2D eigenvalue weighted by molar-refractivity contribution is 7.80. The third kappa shape index (κ3) is 2.80. The number of rotatable bonds is 3. The van der Waals surface area contributed by atoms with E-state index >= 15 is 0 Å². The molecule has 1 saturated carbocycles. The molecule has 2 rings (SSSR count). The SMILES string of the molecule is CC1CCCC(Nc2cccnc2C(N)=S)C1C. The number of anilines is 1. The topological polar surface area (TPSA) is 50.9 Å². The highest BCUT2D eigenvalue weighted by Crippen LogP contribution is 2.31. The van der Waals surface area contributed by atoms with Crippen molar-refractivity contribution in [3.05, 3.63) is 24.0 Å². The van der Waals surface area contributed by atoms with E-state index in [9.17, 15) is 0 Å². The van der Waals surface area contributed by atoms with Gasteiger partial charge in [-0.3, -0.25) is 4.98 Å². The van der Waals surface area contributed by atoms with Crippen molar-refractivity contribution in [3.8, 4) is 0 Å². The lowest BCUT2D eigenvalue weighted by Gasteiger charge is -2.35. The first-order chi connectivity index (χ1) is 8.59. The molecule has 1 heterocycles. The van der Waals surface area contributed by atoms with Gasteiger partial charge in [-0.1, -0.05) is 38.9 Å². The summed E-state index contributed by atoms with van der Waals surface area (Å²) < 4.78 is 0. The Bertz CT molecular complexity index is 433. The van der Waals surface area contributed by atoms with Crippen LogP contribution in [-0.2, 0) is 0 Å². The highest BCUT2D eigenvalue weighted by atomic mass is 32.1. The van der Waals surface area contributed by atoms with Crippen LogP contribution in [0.4, 0.5) is 5.69 Å². The van der Waals surface area contributed by atoms with Gasteiger partial charge in [0.05, 0.1) is 5.69 Å². The molecule has 3 atom stereocenters. The van der Waals surface area contributed by atoms with Crippen molar-refractivity contribution in [3.63, 3.8) is 0 Å². The van der Waals surface area contributed by atoms with Crippen LogP contribution in [0.3, 0.4) is 0 Å². The molecule has 0 bridgehead atoms. The molecule has 3 N–H and O–H groups in total. The minimum absolute atomic E-state index is 0.356. The maximum absolute atomic E-state index is 5.71. The van der Waals surface area contributed by atoms with Gasteiger partial charge in [0.25, 0.3) is 0 Å². The predicted octanol–water partition coefficient (Wildman–Crippen LogP) is 2.95. The number of nitrogens with two attached hydrogens (primary N) is 1. The Hall–Kier alpha value is -1.16. The van der Waals surface area contributed by atoms with Crippen LogP contribution in [0, 0.1) is 11.8 Å². The van der Waals surface area contributed by atoms with Crippen molar-refractivity contribution >= 4 is 22.9 Å². The standard InChI is InChI=1S/C14H21N3S/c1-9-5-3-6-11(10(9)2)17-12-7-4-8-16-13(12)14(15)18/h4,7-11,17H,3,5-6H2,1-2H3,(H2,15,18). The van der Waals surface area contributed by atoms with Crippen molar-refractivity contribution in [2.24, 2.45) is 17.6 Å². The fourth-order valence-electron chi connectivity index (χ4n) is 2.70. The molecule has 1 aliphatic rings. The molecule has 1 fully saturated rings. The minimum atomic E-state index is 0.356. The second kappa shape index (κ2) is 5.65. The van der Waals surface area contributed by atoms with Crippen LogP contribution in [0.5, 0.6) is 0 Å². The fraction of sp³-hybridized carbons (Fsp3) is 0.571. The Balaban J connectivity index is 2.16. The van der Waals surface area contributed by atoms with Crippen molar-refractivity contribution in [1.82, 2.24) is 4.98 Å². The Morgan fingerprint density at radius 3 is 2.94 bits per heavy atom. The Kier molecular flexibility index (Phi) is 4.17. The second-order valence-corrected chi connectivity index (χ2v) is 5.72. The first-order valence-corrected chi connectivity index (χ1v) is 7.01. The van der Waals surface area contributed by atoms with Gasteiger partial charge in [-0.15, -0.1) is 0 Å². The maximum atomic E-state index is 5.71. The molecular formula is C14H21N3S. The highest BCUT2D eigenvalue weighted by Gasteiger charge is 2.27. The number of nitrogens with zero attached hydrogens (tertiary/aromatic N) is 1. The first kappa shape index (κ1) is 13.3. The van der Waals surface area contributed by atoms with Gasteiger partial charge in [0, 0.05) is 12.2 Å². The van der Waals surface area contributed by atoms with Crippen molar-refractivity contribution < 1.29 is 0 Å². The fourth-order valence-corrected chi connectivity index (χ4v) is 2.87. The average Bonchev–Trinajstić information content (AvgIpc) is 2.35. The van der Waals surface area contributed by atoms with Crippen molar-refractivity contribution in [1.29, 1.82) is 0 Å². The maximum Gasteiger partial charge on any atom is 0.124 e. The number of hydrogen-bond acceptors (Lipinski definition) is 3. The zero-order valence-electron chi connectivity index (χ0n) is 11.0. The van der Waals surface area contributed by atoms with Crippen LogP contribution in [0.15, 0.2) is 18.3 Å². The Morgan fingerprint density at radius 2 is 2.22 bits per heavy atom. The van der Waals surface area contributed by atoms with Gasteiger partial charge in [0.2, 0.25) is 0 Å². The normalized spacial score (nSPS) is 27.8. The van der Waals surface area contributed by atoms with Gasteiger partial charge >= 0.3 is 0 Å². The summed E-state index contributed by atoms with van der Waals surface area (Å²) in [6, 6.07) is 4.42. The van der Waals surface area contributed by atoms with E-state index in [1.54, 1.807) is 6.20 Å². The average molecular weight is 263 g/mol. The number of nitrogens with one attached hydrogen (secondary N) is 1. The molecule has 4 heteroatoms. The summed E-state index contributed by atoms with van der Waals surface area (Å²) in [6.07, 6.45) is 5.55. The molecule has 1 aromatic rings. The van der Waals surface area contributed by atoms with Crippen LogP contribution in [0.2, 0.25) is 0 Å². The lowest BCUT2D eigenvalue weighted by molar-refractivity contribution is 0.253. The monoisotopic (exact) mass is 263 g/mol. The third-order valence-corrected chi connectivity index (χ3v) is 4.28. The smallest absolute Gasteiger partial charge is 0.124 e. The van der Waals surface area contributed by atoms with Crippen LogP contribution < -0.4 is 11.1 Å². The number of thiocarbonyl (C=S) groups is 1. The van der Waals surface area contributed by atoms with E-state index in [1.807, 2.05) is 12.1 Å². The quantitative estimate of drug-likeness (QED) is 0.823. The summed E-state index contributed by atoms with van der Waals surface area (Å²) in [5.74, 6) is 1.43. The molecule has 18 heavy (non-hydrogen) atoms. The molecule has 0 saturated heterocycles.